The third-order valence-corrected chi connectivity index (χ3v) is 4.23. The number of hydrogen-bond donors (Lipinski definition) is 1. The van der Waals surface area contributed by atoms with Crippen molar-refractivity contribution >= 4 is 43.5 Å². The minimum Gasteiger partial charge on any atom is -0.305 e. The zero-order valence-corrected chi connectivity index (χ0v) is 15.3. The first-order valence-electron chi connectivity index (χ1n) is 6.39. The lowest BCUT2D eigenvalue weighted by atomic mass is 10.0. The predicted molar refractivity (Wildman–Crippen MR) is 90.2 cm³/mol. The van der Waals surface area contributed by atoms with Gasteiger partial charge in [-0.3, -0.25) is 4.68 Å². The van der Waals surface area contributed by atoms with Crippen molar-refractivity contribution in [2.24, 2.45) is 7.05 Å². The lowest BCUT2D eigenvalue weighted by Crippen LogP contribution is -2.25. The molecule has 1 N–H and O–H groups in total. The summed E-state index contributed by atoms with van der Waals surface area (Å²) in [6, 6.07) is 6.23. The van der Waals surface area contributed by atoms with Gasteiger partial charge in [0, 0.05) is 16.0 Å². The van der Waals surface area contributed by atoms with Crippen LogP contribution in [0.25, 0.3) is 0 Å². The molecule has 0 saturated heterocycles. The van der Waals surface area contributed by atoms with Crippen molar-refractivity contribution in [3.05, 3.63) is 49.6 Å². The average molecular weight is 422 g/mol. The molecule has 0 radical (unpaired) electrons. The van der Waals surface area contributed by atoms with Gasteiger partial charge < -0.3 is 5.32 Å². The highest BCUT2D eigenvalue weighted by molar-refractivity contribution is 9.11. The molecule has 108 valence electrons. The minimum atomic E-state index is 0.0174. The van der Waals surface area contributed by atoms with E-state index < -0.39 is 0 Å². The monoisotopic (exact) mass is 419 g/mol. The standard InChI is InChI=1S/C14H16Br2ClN3/c1-3-4-18-13(14-12(17)8-19-20(14)2)9-5-10(15)7-11(16)6-9/h5-8,13,18H,3-4H2,1-2H3. The molecular weight excluding hydrogens is 405 g/mol. The molecule has 3 nitrogen and oxygen atoms in total. The smallest absolute Gasteiger partial charge is 0.0837 e. The van der Waals surface area contributed by atoms with E-state index in [9.17, 15) is 0 Å². The summed E-state index contributed by atoms with van der Waals surface area (Å²) < 4.78 is 3.89. The molecule has 0 aliphatic heterocycles. The van der Waals surface area contributed by atoms with Crippen LogP contribution in [-0.2, 0) is 7.05 Å². The van der Waals surface area contributed by atoms with Crippen molar-refractivity contribution in [2.45, 2.75) is 19.4 Å². The number of benzene rings is 1. The summed E-state index contributed by atoms with van der Waals surface area (Å²) in [6.07, 6.45) is 2.74. The van der Waals surface area contributed by atoms with E-state index in [1.54, 1.807) is 6.20 Å². The maximum atomic E-state index is 6.30. The van der Waals surface area contributed by atoms with Gasteiger partial charge in [-0.1, -0.05) is 50.4 Å². The molecule has 0 saturated carbocycles. The minimum absolute atomic E-state index is 0.0174. The Morgan fingerprint density at radius 1 is 1.30 bits per heavy atom. The van der Waals surface area contributed by atoms with Crippen molar-refractivity contribution < 1.29 is 0 Å². The summed E-state index contributed by atoms with van der Waals surface area (Å²) in [5.74, 6) is 0. The van der Waals surface area contributed by atoms with Gasteiger partial charge in [-0.05, 0) is 36.7 Å². The first-order chi connectivity index (χ1) is 9.52. The normalized spacial score (nSPS) is 12.7. The van der Waals surface area contributed by atoms with E-state index in [1.165, 1.54) is 0 Å². The Balaban J connectivity index is 2.47. The zero-order chi connectivity index (χ0) is 14.7. The molecule has 0 fully saturated rings. The summed E-state index contributed by atoms with van der Waals surface area (Å²) in [5.41, 5.74) is 2.12. The van der Waals surface area contributed by atoms with Crippen molar-refractivity contribution in [3.63, 3.8) is 0 Å². The van der Waals surface area contributed by atoms with Crippen molar-refractivity contribution in [1.82, 2.24) is 15.1 Å². The van der Waals surface area contributed by atoms with Crippen LogP contribution < -0.4 is 5.32 Å². The van der Waals surface area contributed by atoms with Crippen LogP contribution in [0.15, 0.2) is 33.3 Å². The molecule has 1 atom stereocenters. The molecule has 0 amide bonds. The highest BCUT2D eigenvalue weighted by atomic mass is 79.9. The third-order valence-electron chi connectivity index (χ3n) is 3.03. The van der Waals surface area contributed by atoms with Crippen LogP contribution in [0.2, 0.25) is 5.02 Å². The van der Waals surface area contributed by atoms with Gasteiger partial charge in [0.15, 0.2) is 0 Å². The second-order valence-corrected chi connectivity index (χ2v) is 6.83. The van der Waals surface area contributed by atoms with Gasteiger partial charge in [-0.2, -0.15) is 5.10 Å². The van der Waals surface area contributed by atoms with Crippen LogP contribution in [0.3, 0.4) is 0 Å². The Bertz CT molecular complexity index is 558. The fourth-order valence-corrected chi connectivity index (χ4v) is 3.75. The molecule has 2 aromatic rings. The summed E-state index contributed by atoms with van der Waals surface area (Å²) in [4.78, 5) is 0. The number of nitrogens with one attached hydrogen (secondary N) is 1. The molecule has 1 aromatic heterocycles. The Labute approximate surface area is 141 Å². The molecule has 2 rings (SSSR count). The number of rotatable bonds is 5. The van der Waals surface area contributed by atoms with E-state index in [2.05, 4.69) is 61.3 Å². The van der Waals surface area contributed by atoms with Gasteiger partial charge in [-0.15, -0.1) is 0 Å². The number of aryl methyl sites for hydroxylation is 1. The van der Waals surface area contributed by atoms with Gasteiger partial charge in [0.05, 0.1) is 23.0 Å². The van der Waals surface area contributed by atoms with Gasteiger partial charge in [0.1, 0.15) is 0 Å². The summed E-state index contributed by atoms with van der Waals surface area (Å²) in [6.45, 7) is 3.06. The quantitative estimate of drug-likeness (QED) is 0.759. The van der Waals surface area contributed by atoms with Gasteiger partial charge in [-0.25, -0.2) is 0 Å². The number of aromatic nitrogens is 2. The molecule has 0 spiro atoms. The zero-order valence-electron chi connectivity index (χ0n) is 11.3. The van der Waals surface area contributed by atoms with Crippen molar-refractivity contribution in [1.29, 1.82) is 0 Å². The van der Waals surface area contributed by atoms with E-state index in [0.717, 1.165) is 33.2 Å². The molecule has 6 heteroatoms. The fraction of sp³-hybridized carbons (Fsp3) is 0.357. The van der Waals surface area contributed by atoms with Crippen LogP contribution in [0.1, 0.15) is 30.6 Å². The lowest BCUT2D eigenvalue weighted by molar-refractivity contribution is 0.553. The Morgan fingerprint density at radius 3 is 2.45 bits per heavy atom. The Hall–Kier alpha value is -0.360. The molecule has 0 aliphatic carbocycles. The van der Waals surface area contributed by atoms with Crippen molar-refractivity contribution in [3.8, 4) is 0 Å². The topological polar surface area (TPSA) is 29.9 Å². The molecule has 1 aromatic carbocycles. The third kappa shape index (κ3) is 3.64. The van der Waals surface area contributed by atoms with E-state index in [1.807, 2.05) is 17.8 Å². The Kier molecular flexibility index (Phi) is 5.66. The Morgan fingerprint density at radius 2 is 1.95 bits per heavy atom. The number of halogens is 3. The summed E-state index contributed by atoms with van der Waals surface area (Å²) in [5, 5.41) is 8.45. The molecule has 0 bridgehead atoms. The van der Waals surface area contributed by atoms with E-state index in [-0.39, 0.29) is 6.04 Å². The average Bonchev–Trinajstić information content (AvgIpc) is 2.70. The second-order valence-electron chi connectivity index (χ2n) is 4.59. The first kappa shape index (κ1) is 16.0. The molecule has 20 heavy (non-hydrogen) atoms. The SMILES string of the molecule is CCCNC(c1cc(Br)cc(Br)c1)c1c(Cl)cnn1C. The van der Waals surface area contributed by atoms with E-state index in [4.69, 9.17) is 11.6 Å². The maximum Gasteiger partial charge on any atom is 0.0837 e. The summed E-state index contributed by atoms with van der Waals surface area (Å²) >= 11 is 13.4. The number of nitrogens with zero attached hydrogens (tertiary/aromatic N) is 2. The van der Waals surface area contributed by atoms with E-state index >= 15 is 0 Å². The molecular formula is C14H16Br2ClN3. The maximum absolute atomic E-state index is 6.30. The molecule has 1 unspecified atom stereocenters. The van der Waals surface area contributed by atoms with Crippen LogP contribution in [-0.4, -0.2) is 16.3 Å². The first-order valence-corrected chi connectivity index (χ1v) is 8.36. The highest BCUT2D eigenvalue weighted by Crippen LogP contribution is 2.31. The van der Waals surface area contributed by atoms with Crippen LogP contribution in [0, 0.1) is 0 Å². The second kappa shape index (κ2) is 7.07. The fourth-order valence-electron chi connectivity index (χ4n) is 2.15. The van der Waals surface area contributed by atoms with Crippen molar-refractivity contribution in [2.75, 3.05) is 6.54 Å². The number of hydrogen-bond acceptors (Lipinski definition) is 2. The largest absolute Gasteiger partial charge is 0.305 e. The van der Waals surface area contributed by atoms with Gasteiger partial charge >= 0.3 is 0 Å². The highest BCUT2D eigenvalue weighted by Gasteiger charge is 2.21. The van der Waals surface area contributed by atoms with Gasteiger partial charge in [0.2, 0.25) is 0 Å². The van der Waals surface area contributed by atoms with E-state index in [0.29, 0.717) is 5.02 Å². The lowest BCUT2D eigenvalue weighted by Gasteiger charge is -2.20. The molecule has 1 heterocycles. The van der Waals surface area contributed by atoms with Crippen LogP contribution in [0.5, 0.6) is 0 Å². The van der Waals surface area contributed by atoms with Gasteiger partial charge in [0.25, 0.3) is 0 Å². The predicted octanol–water partition coefficient (Wildman–Crippen LogP) is 4.69. The summed E-state index contributed by atoms with van der Waals surface area (Å²) in [7, 11) is 1.91. The molecule has 0 aliphatic rings. The van der Waals surface area contributed by atoms with Crippen LogP contribution in [0.4, 0.5) is 0 Å². The van der Waals surface area contributed by atoms with Crippen LogP contribution >= 0.6 is 43.5 Å².